The summed E-state index contributed by atoms with van der Waals surface area (Å²) in [5.41, 5.74) is 1.24. The number of Topliss-reactive ketones (excluding diaryl/α,β-unsaturated/α-hetero) is 1. The Hall–Kier alpha value is -1.62. The Morgan fingerprint density at radius 3 is 2.52 bits per heavy atom. The maximum Gasteiger partial charge on any atom is 0.237 e. The molecule has 4 nitrogen and oxygen atoms in total. The van der Waals surface area contributed by atoms with E-state index in [1.54, 1.807) is 18.7 Å². The minimum atomic E-state index is -0.310. The van der Waals surface area contributed by atoms with Crippen LogP contribution in [0.2, 0.25) is 0 Å². The number of ketones is 1. The molecule has 0 amide bonds. The summed E-state index contributed by atoms with van der Waals surface area (Å²) in [5, 5.41) is 3.98. The molecule has 2 aromatic rings. The molecular weight excluding hydrogens is 284 g/mol. The molecule has 0 aliphatic carbocycles. The lowest BCUT2D eigenvalue weighted by Crippen LogP contribution is -2.15. The van der Waals surface area contributed by atoms with Gasteiger partial charge in [-0.25, -0.2) is 0 Å². The molecule has 0 aliphatic heterocycles. The van der Waals surface area contributed by atoms with E-state index in [1.165, 1.54) is 10.5 Å². The fourth-order valence-electron chi connectivity index (χ4n) is 2.16. The van der Waals surface area contributed by atoms with E-state index >= 15 is 0 Å². The van der Waals surface area contributed by atoms with Crippen LogP contribution in [-0.2, 0) is 10.5 Å². The molecule has 0 saturated carbocycles. The Bertz CT molecular complexity index is 605. The average molecular weight is 304 g/mol. The van der Waals surface area contributed by atoms with E-state index < -0.39 is 0 Å². The zero-order valence-corrected chi connectivity index (χ0v) is 13.6. The van der Waals surface area contributed by atoms with Crippen molar-refractivity contribution in [1.82, 2.24) is 10.1 Å². The predicted molar refractivity (Wildman–Crippen MR) is 83.3 cm³/mol. The van der Waals surface area contributed by atoms with Gasteiger partial charge in [-0.2, -0.15) is 4.98 Å². The van der Waals surface area contributed by atoms with E-state index in [2.05, 4.69) is 41.3 Å². The number of hydrogen-bond acceptors (Lipinski definition) is 5. The summed E-state index contributed by atoms with van der Waals surface area (Å²) in [6, 6.07) is 8.31. The largest absolute Gasteiger partial charge is 0.339 e. The molecule has 0 N–H and O–H groups in total. The molecule has 5 heteroatoms. The number of benzene rings is 1. The topological polar surface area (TPSA) is 56.0 Å². The summed E-state index contributed by atoms with van der Waals surface area (Å²) in [4.78, 5) is 17.2. The zero-order chi connectivity index (χ0) is 15.4. The summed E-state index contributed by atoms with van der Waals surface area (Å²) in [7, 11) is 0. The van der Waals surface area contributed by atoms with Gasteiger partial charge in [0.2, 0.25) is 5.89 Å². The molecule has 112 valence electrons. The first-order valence-electron chi connectivity index (χ1n) is 6.99. The van der Waals surface area contributed by atoms with E-state index in [0.717, 1.165) is 0 Å². The van der Waals surface area contributed by atoms with Crippen LogP contribution in [0.4, 0.5) is 0 Å². The van der Waals surface area contributed by atoms with E-state index in [0.29, 0.717) is 17.5 Å². The monoisotopic (exact) mass is 304 g/mol. The van der Waals surface area contributed by atoms with Crippen LogP contribution in [0, 0.1) is 12.8 Å². The normalized spacial score (nSPS) is 12.6. The molecule has 0 fully saturated rings. The molecule has 0 radical (unpaired) electrons. The van der Waals surface area contributed by atoms with Gasteiger partial charge in [0.25, 0.3) is 0 Å². The van der Waals surface area contributed by atoms with E-state index in [1.807, 2.05) is 13.8 Å². The molecular formula is C16H20N2O2S. The standard InChI is InChI=1S/C16H20N2O2S/c1-10(2)15(12(4)19)16-17-14(18-20-16)9-21-13-7-5-11(3)6-8-13/h5-8,10,15H,9H2,1-4H3. The maximum absolute atomic E-state index is 11.7. The number of aryl methyl sites for hydroxylation is 1. The summed E-state index contributed by atoms with van der Waals surface area (Å²) in [6.07, 6.45) is 0. The van der Waals surface area contributed by atoms with Crippen molar-refractivity contribution in [2.75, 3.05) is 0 Å². The number of thioether (sulfide) groups is 1. The number of aromatic nitrogens is 2. The van der Waals surface area contributed by atoms with Crippen LogP contribution in [-0.4, -0.2) is 15.9 Å². The van der Waals surface area contributed by atoms with Gasteiger partial charge in [0.1, 0.15) is 5.78 Å². The number of carbonyl (C=O) groups excluding carboxylic acids is 1. The predicted octanol–water partition coefficient (Wildman–Crippen LogP) is 4.00. The molecule has 1 unspecified atom stereocenters. The highest BCUT2D eigenvalue weighted by molar-refractivity contribution is 7.98. The zero-order valence-electron chi connectivity index (χ0n) is 12.8. The minimum absolute atomic E-state index is 0.0615. The number of nitrogens with zero attached hydrogens (tertiary/aromatic N) is 2. The highest BCUT2D eigenvalue weighted by Crippen LogP contribution is 2.26. The third kappa shape index (κ3) is 4.17. The second-order valence-corrected chi connectivity index (χ2v) is 6.53. The van der Waals surface area contributed by atoms with Gasteiger partial charge in [0, 0.05) is 4.90 Å². The van der Waals surface area contributed by atoms with Crippen molar-refractivity contribution in [3.63, 3.8) is 0 Å². The third-order valence-corrected chi connectivity index (χ3v) is 4.25. The average Bonchev–Trinajstić information content (AvgIpc) is 2.85. The molecule has 1 atom stereocenters. The van der Waals surface area contributed by atoms with Crippen LogP contribution >= 0.6 is 11.8 Å². The Balaban J connectivity index is 2.02. The minimum Gasteiger partial charge on any atom is -0.339 e. The summed E-state index contributed by atoms with van der Waals surface area (Å²) < 4.78 is 5.26. The molecule has 0 spiro atoms. The summed E-state index contributed by atoms with van der Waals surface area (Å²) in [5.74, 6) is 1.59. The fraction of sp³-hybridized carbons (Fsp3) is 0.438. The van der Waals surface area contributed by atoms with Crippen molar-refractivity contribution in [3.8, 4) is 0 Å². The highest BCUT2D eigenvalue weighted by atomic mass is 32.2. The quantitative estimate of drug-likeness (QED) is 0.755. The lowest BCUT2D eigenvalue weighted by Gasteiger charge is -2.12. The summed E-state index contributed by atoms with van der Waals surface area (Å²) >= 11 is 1.65. The Labute approximate surface area is 129 Å². The first kappa shape index (κ1) is 15.8. The van der Waals surface area contributed by atoms with Crippen LogP contribution in [0.15, 0.2) is 33.7 Å². The van der Waals surface area contributed by atoms with Crippen molar-refractivity contribution < 1.29 is 9.32 Å². The van der Waals surface area contributed by atoms with Crippen molar-refractivity contribution >= 4 is 17.5 Å². The van der Waals surface area contributed by atoms with Crippen molar-refractivity contribution in [3.05, 3.63) is 41.5 Å². The molecule has 2 rings (SSSR count). The van der Waals surface area contributed by atoms with Crippen LogP contribution in [0.3, 0.4) is 0 Å². The summed E-state index contributed by atoms with van der Waals surface area (Å²) in [6.45, 7) is 7.59. The number of hydrogen-bond donors (Lipinski definition) is 0. The molecule has 1 heterocycles. The molecule has 0 aliphatic rings. The Morgan fingerprint density at radius 2 is 1.95 bits per heavy atom. The van der Waals surface area contributed by atoms with Gasteiger partial charge in [-0.15, -0.1) is 11.8 Å². The van der Waals surface area contributed by atoms with Gasteiger partial charge in [-0.3, -0.25) is 4.79 Å². The molecule has 1 aromatic heterocycles. The van der Waals surface area contributed by atoms with E-state index in [4.69, 9.17) is 4.52 Å². The van der Waals surface area contributed by atoms with Crippen molar-refractivity contribution in [2.24, 2.45) is 5.92 Å². The van der Waals surface area contributed by atoms with Crippen LogP contribution in [0.5, 0.6) is 0 Å². The van der Waals surface area contributed by atoms with Crippen LogP contribution < -0.4 is 0 Å². The van der Waals surface area contributed by atoms with Gasteiger partial charge in [-0.05, 0) is 31.9 Å². The van der Waals surface area contributed by atoms with Crippen LogP contribution in [0.1, 0.15) is 44.0 Å². The second-order valence-electron chi connectivity index (χ2n) is 5.48. The maximum atomic E-state index is 11.7. The van der Waals surface area contributed by atoms with Gasteiger partial charge >= 0.3 is 0 Å². The van der Waals surface area contributed by atoms with Crippen LogP contribution in [0.25, 0.3) is 0 Å². The van der Waals surface area contributed by atoms with Crippen molar-refractivity contribution in [2.45, 2.75) is 44.3 Å². The SMILES string of the molecule is CC(=O)C(c1nc(CSc2ccc(C)cc2)no1)C(C)C. The van der Waals surface area contributed by atoms with Gasteiger partial charge < -0.3 is 4.52 Å². The first-order chi connectivity index (χ1) is 9.97. The third-order valence-electron chi connectivity index (χ3n) is 3.24. The molecule has 0 bridgehead atoms. The fourth-order valence-corrected chi connectivity index (χ4v) is 2.90. The lowest BCUT2D eigenvalue weighted by atomic mass is 9.92. The second kappa shape index (κ2) is 6.89. The molecule has 1 aromatic carbocycles. The highest BCUT2D eigenvalue weighted by Gasteiger charge is 2.26. The Morgan fingerprint density at radius 1 is 1.29 bits per heavy atom. The lowest BCUT2D eigenvalue weighted by molar-refractivity contribution is -0.119. The van der Waals surface area contributed by atoms with Gasteiger partial charge in [0.15, 0.2) is 5.82 Å². The first-order valence-corrected chi connectivity index (χ1v) is 7.98. The smallest absolute Gasteiger partial charge is 0.237 e. The number of rotatable bonds is 6. The van der Waals surface area contributed by atoms with E-state index in [-0.39, 0.29) is 17.6 Å². The molecule has 0 saturated heterocycles. The number of carbonyl (C=O) groups is 1. The van der Waals surface area contributed by atoms with Crippen molar-refractivity contribution in [1.29, 1.82) is 0 Å². The Kier molecular flexibility index (Phi) is 5.17. The van der Waals surface area contributed by atoms with Gasteiger partial charge in [0.05, 0.1) is 11.7 Å². The molecule has 21 heavy (non-hydrogen) atoms. The van der Waals surface area contributed by atoms with Gasteiger partial charge in [-0.1, -0.05) is 36.7 Å². The van der Waals surface area contributed by atoms with E-state index in [9.17, 15) is 4.79 Å².